The predicted molar refractivity (Wildman–Crippen MR) is 137 cm³/mol. The van der Waals surface area contributed by atoms with Crippen molar-refractivity contribution in [3.05, 3.63) is 83.7 Å². The fourth-order valence-electron chi connectivity index (χ4n) is 3.90. The van der Waals surface area contributed by atoms with Gasteiger partial charge in [-0.15, -0.1) is 0 Å². The number of rotatable bonds is 6. The summed E-state index contributed by atoms with van der Waals surface area (Å²) in [6.45, 7) is 6.16. The summed E-state index contributed by atoms with van der Waals surface area (Å²) in [6, 6.07) is 15.6. The van der Waals surface area contributed by atoms with Crippen LogP contribution in [0.1, 0.15) is 16.7 Å². The number of piperazine rings is 1. The van der Waals surface area contributed by atoms with Gasteiger partial charge < -0.3 is 4.90 Å². The summed E-state index contributed by atoms with van der Waals surface area (Å²) < 4.78 is 0. The summed E-state index contributed by atoms with van der Waals surface area (Å²) >= 11 is 0. The van der Waals surface area contributed by atoms with Gasteiger partial charge in [-0.1, -0.05) is 48.5 Å². The number of nitrogens with zero attached hydrogens (tertiary/aromatic N) is 5. The SMILES string of the molecule is Cc1cccc(C=CC(=O)N(CC(=O)N2CCN(N)CC2)c2cnc(-c3ccccc3)cn2)c1C. The molecule has 0 bridgehead atoms. The van der Waals surface area contributed by atoms with Gasteiger partial charge in [0.1, 0.15) is 6.54 Å². The molecule has 2 amide bonds. The van der Waals surface area contributed by atoms with Crippen molar-refractivity contribution in [2.75, 3.05) is 37.6 Å². The highest BCUT2D eigenvalue weighted by Crippen LogP contribution is 2.19. The standard InChI is InChI=1S/C27H30N6O2/c1-20-7-6-10-22(21(20)2)11-12-26(34)33(19-27(35)31-13-15-32(28)16-14-31)25-18-29-24(17-30-25)23-8-4-3-5-9-23/h3-12,17-18H,13-16,19,28H2,1-2H3. The Morgan fingerprint density at radius 2 is 1.71 bits per heavy atom. The molecule has 1 aromatic heterocycles. The molecule has 1 saturated heterocycles. The number of anilines is 1. The molecule has 0 aliphatic carbocycles. The van der Waals surface area contributed by atoms with Gasteiger partial charge in [0.05, 0.1) is 18.1 Å². The Bertz CT molecular complexity index is 1200. The topological polar surface area (TPSA) is 95.7 Å². The maximum Gasteiger partial charge on any atom is 0.252 e. The van der Waals surface area contributed by atoms with E-state index in [1.165, 1.54) is 17.2 Å². The van der Waals surface area contributed by atoms with E-state index in [0.717, 1.165) is 22.3 Å². The zero-order valence-corrected chi connectivity index (χ0v) is 20.1. The Morgan fingerprint density at radius 3 is 2.40 bits per heavy atom. The van der Waals surface area contributed by atoms with E-state index in [2.05, 4.69) is 9.97 Å². The average Bonchev–Trinajstić information content (AvgIpc) is 2.89. The minimum atomic E-state index is -0.335. The number of hydrogen-bond donors (Lipinski definition) is 1. The number of amides is 2. The summed E-state index contributed by atoms with van der Waals surface area (Å²) in [4.78, 5) is 38.4. The summed E-state index contributed by atoms with van der Waals surface area (Å²) in [6.07, 6.45) is 6.43. The number of benzene rings is 2. The van der Waals surface area contributed by atoms with Crippen LogP contribution < -0.4 is 10.7 Å². The summed E-state index contributed by atoms with van der Waals surface area (Å²) in [5.74, 6) is 5.66. The van der Waals surface area contributed by atoms with Crippen LogP contribution in [0.3, 0.4) is 0 Å². The lowest BCUT2D eigenvalue weighted by molar-refractivity contribution is -0.132. The molecule has 2 heterocycles. The molecule has 4 rings (SSSR count). The van der Waals surface area contributed by atoms with Gasteiger partial charge in [0.15, 0.2) is 5.82 Å². The molecule has 1 fully saturated rings. The Morgan fingerprint density at radius 1 is 0.971 bits per heavy atom. The second-order valence-electron chi connectivity index (χ2n) is 8.59. The third-order valence-electron chi connectivity index (χ3n) is 6.26. The highest BCUT2D eigenvalue weighted by molar-refractivity contribution is 6.06. The van der Waals surface area contributed by atoms with Crippen molar-refractivity contribution in [2.45, 2.75) is 13.8 Å². The number of carbonyl (C=O) groups excluding carboxylic acids is 2. The van der Waals surface area contributed by atoms with Gasteiger partial charge >= 0.3 is 0 Å². The molecule has 8 nitrogen and oxygen atoms in total. The Kier molecular flexibility index (Phi) is 7.64. The van der Waals surface area contributed by atoms with E-state index in [1.807, 2.05) is 62.4 Å². The molecule has 2 aromatic carbocycles. The first kappa shape index (κ1) is 24.3. The Balaban J connectivity index is 1.58. The van der Waals surface area contributed by atoms with E-state index >= 15 is 0 Å². The average molecular weight is 471 g/mol. The highest BCUT2D eigenvalue weighted by atomic mass is 16.2. The van der Waals surface area contributed by atoms with Crippen LogP contribution in [0.5, 0.6) is 0 Å². The van der Waals surface area contributed by atoms with Crippen LogP contribution in [0, 0.1) is 13.8 Å². The fourth-order valence-corrected chi connectivity index (χ4v) is 3.90. The van der Waals surface area contributed by atoms with Crippen molar-refractivity contribution in [2.24, 2.45) is 5.84 Å². The van der Waals surface area contributed by atoms with Gasteiger partial charge in [-0.3, -0.25) is 25.3 Å². The number of aryl methyl sites for hydroxylation is 1. The number of carbonyl (C=O) groups is 2. The van der Waals surface area contributed by atoms with Gasteiger partial charge in [-0.25, -0.2) is 9.99 Å². The Labute approximate surface area is 205 Å². The van der Waals surface area contributed by atoms with E-state index in [-0.39, 0.29) is 18.4 Å². The quantitative estimate of drug-likeness (QED) is 0.440. The second kappa shape index (κ2) is 11.0. The van der Waals surface area contributed by atoms with Crippen LogP contribution in [0.2, 0.25) is 0 Å². The van der Waals surface area contributed by atoms with Gasteiger partial charge in [-0.2, -0.15) is 0 Å². The van der Waals surface area contributed by atoms with E-state index in [0.29, 0.717) is 37.7 Å². The molecule has 0 saturated carbocycles. The predicted octanol–water partition coefficient (Wildman–Crippen LogP) is 2.82. The summed E-state index contributed by atoms with van der Waals surface area (Å²) in [5, 5.41) is 1.69. The van der Waals surface area contributed by atoms with Crippen LogP contribution in [0.15, 0.2) is 67.0 Å². The van der Waals surface area contributed by atoms with Crippen molar-refractivity contribution in [1.29, 1.82) is 0 Å². The smallest absolute Gasteiger partial charge is 0.252 e. The zero-order valence-electron chi connectivity index (χ0n) is 20.1. The molecular weight excluding hydrogens is 440 g/mol. The third-order valence-corrected chi connectivity index (χ3v) is 6.26. The molecule has 0 radical (unpaired) electrons. The summed E-state index contributed by atoms with van der Waals surface area (Å²) in [5.41, 5.74) is 4.82. The molecule has 35 heavy (non-hydrogen) atoms. The van der Waals surface area contributed by atoms with Crippen LogP contribution in [-0.4, -0.2) is 64.4 Å². The minimum absolute atomic E-state index is 0.125. The molecule has 1 aliphatic heterocycles. The van der Waals surface area contributed by atoms with E-state index < -0.39 is 0 Å². The van der Waals surface area contributed by atoms with Crippen molar-refractivity contribution in [1.82, 2.24) is 19.9 Å². The first-order valence-electron chi connectivity index (χ1n) is 11.6. The molecule has 8 heteroatoms. The molecule has 1 aliphatic rings. The van der Waals surface area contributed by atoms with Gasteiger partial charge in [0.25, 0.3) is 5.91 Å². The maximum absolute atomic E-state index is 13.3. The van der Waals surface area contributed by atoms with Crippen molar-refractivity contribution < 1.29 is 9.59 Å². The molecule has 0 atom stereocenters. The second-order valence-corrected chi connectivity index (χ2v) is 8.59. The molecule has 2 N–H and O–H groups in total. The van der Waals surface area contributed by atoms with E-state index in [1.54, 1.807) is 22.2 Å². The van der Waals surface area contributed by atoms with Gasteiger partial charge in [0, 0.05) is 37.8 Å². The molecular formula is C27H30N6O2. The number of nitrogens with two attached hydrogens (primary N) is 1. The molecule has 3 aromatic rings. The first-order valence-corrected chi connectivity index (χ1v) is 11.6. The van der Waals surface area contributed by atoms with Crippen molar-refractivity contribution >= 4 is 23.7 Å². The number of hydrogen-bond acceptors (Lipinski definition) is 6. The minimum Gasteiger partial charge on any atom is -0.338 e. The highest BCUT2D eigenvalue weighted by Gasteiger charge is 2.25. The maximum atomic E-state index is 13.3. The number of hydrazine groups is 1. The summed E-state index contributed by atoms with van der Waals surface area (Å²) in [7, 11) is 0. The molecule has 0 unspecified atom stereocenters. The number of aromatic nitrogens is 2. The van der Waals surface area contributed by atoms with Crippen LogP contribution >= 0.6 is 0 Å². The monoisotopic (exact) mass is 470 g/mol. The van der Waals surface area contributed by atoms with E-state index in [4.69, 9.17) is 5.84 Å². The first-order chi connectivity index (χ1) is 16.9. The fraction of sp³-hybridized carbons (Fsp3) is 0.259. The third kappa shape index (κ3) is 5.98. The van der Waals surface area contributed by atoms with Crippen LogP contribution in [-0.2, 0) is 9.59 Å². The largest absolute Gasteiger partial charge is 0.338 e. The van der Waals surface area contributed by atoms with E-state index in [9.17, 15) is 9.59 Å². The van der Waals surface area contributed by atoms with Crippen LogP contribution in [0.4, 0.5) is 5.82 Å². The van der Waals surface area contributed by atoms with Gasteiger partial charge in [0.2, 0.25) is 5.91 Å². The van der Waals surface area contributed by atoms with Gasteiger partial charge in [-0.05, 0) is 36.6 Å². The Hall–Kier alpha value is -3.88. The normalized spacial score (nSPS) is 14.3. The van der Waals surface area contributed by atoms with Crippen molar-refractivity contribution in [3.63, 3.8) is 0 Å². The molecule has 0 spiro atoms. The lowest BCUT2D eigenvalue weighted by Gasteiger charge is -2.33. The zero-order chi connectivity index (χ0) is 24.8. The lowest BCUT2D eigenvalue weighted by Crippen LogP contribution is -2.53. The van der Waals surface area contributed by atoms with Crippen LogP contribution in [0.25, 0.3) is 17.3 Å². The van der Waals surface area contributed by atoms with Crippen molar-refractivity contribution in [3.8, 4) is 11.3 Å². The lowest BCUT2D eigenvalue weighted by atomic mass is 10.0. The molecule has 180 valence electrons.